The number of nitrogens with one attached hydrogen (secondary N) is 1. The van der Waals surface area contributed by atoms with E-state index in [9.17, 15) is 8.42 Å². The van der Waals surface area contributed by atoms with Crippen molar-refractivity contribution in [3.8, 4) is 0 Å². The lowest BCUT2D eigenvalue weighted by molar-refractivity contribution is 0.581. The Labute approximate surface area is 120 Å². The summed E-state index contributed by atoms with van der Waals surface area (Å²) in [6.07, 6.45) is 3.22. The number of sulfonamides is 1. The first kappa shape index (κ1) is 14.0. The third kappa shape index (κ3) is 3.52. The summed E-state index contributed by atoms with van der Waals surface area (Å²) in [7, 11) is -3.61. The summed E-state index contributed by atoms with van der Waals surface area (Å²) in [5.74, 6) is 0. The molecule has 0 aliphatic rings. The van der Waals surface area contributed by atoms with Gasteiger partial charge in [-0.2, -0.15) is 0 Å². The Balaban J connectivity index is 2.21. The number of anilines is 1. The van der Waals surface area contributed by atoms with Gasteiger partial charge in [0.1, 0.15) is 0 Å². The molecule has 1 aromatic heterocycles. The molecule has 7 heteroatoms. The number of halogens is 1. The largest absolute Gasteiger partial charge is 0.399 e. The Morgan fingerprint density at radius 2 is 1.89 bits per heavy atom. The van der Waals surface area contributed by atoms with Crippen molar-refractivity contribution < 1.29 is 8.42 Å². The van der Waals surface area contributed by atoms with Gasteiger partial charge in [0.05, 0.1) is 4.90 Å². The van der Waals surface area contributed by atoms with E-state index >= 15 is 0 Å². The average molecular weight is 342 g/mol. The van der Waals surface area contributed by atoms with Gasteiger partial charge in [0.25, 0.3) is 0 Å². The van der Waals surface area contributed by atoms with Gasteiger partial charge in [-0.1, -0.05) is 0 Å². The Morgan fingerprint density at radius 1 is 1.21 bits per heavy atom. The molecule has 0 saturated heterocycles. The fourth-order valence-electron chi connectivity index (χ4n) is 1.48. The Morgan fingerprint density at radius 3 is 2.58 bits per heavy atom. The van der Waals surface area contributed by atoms with Gasteiger partial charge < -0.3 is 5.73 Å². The molecule has 1 aromatic carbocycles. The van der Waals surface area contributed by atoms with Gasteiger partial charge in [-0.25, -0.2) is 13.1 Å². The molecule has 0 aliphatic carbocycles. The highest BCUT2D eigenvalue weighted by Crippen LogP contribution is 2.24. The number of nitrogen functional groups attached to an aromatic ring is 1. The predicted octanol–water partition coefficient (Wildman–Crippen LogP) is 1.90. The number of nitrogens with zero attached hydrogens (tertiary/aromatic N) is 1. The van der Waals surface area contributed by atoms with Crippen LogP contribution >= 0.6 is 15.9 Å². The number of hydrogen-bond donors (Lipinski definition) is 2. The van der Waals surface area contributed by atoms with Crippen molar-refractivity contribution in [3.63, 3.8) is 0 Å². The highest BCUT2D eigenvalue weighted by molar-refractivity contribution is 9.10. The standard InChI is InChI=1S/C12H12BrN3O2S/c13-11-2-1-10(14)7-12(11)19(17,18)16-8-9-3-5-15-6-4-9/h1-7,16H,8,14H2. The zero-order chi connectivity index (χ0) is 13.9. The summed E-state index contributed by atoms with van der Waals surface area (Å²) in [5, 5.41) is 0. The van der Waals surface area contributed by atoms with Crippen molar-refractivity contribution in [3.05, 3.63) is 52.8 Å². The lowest BCUT2D eigenvalue weighted by Gasteiger charge is -2.09. The molecule has 0 amide bonds. The quantitative estimate of drug-likeness (QED) is 0.831. The minimum Gasteiger partial charge on any atom is -0.399 e. The number of pyridine rings is 1. The number of aromatic nitrogens is 1. The van der Waals surface area contributed by atoms with Crippen molar-refractivity contribution >= 4 is 31.6 Å². The molecule has 5 nitrogen and oxygen atoms in total. The lowest BCUT2D eigenvalue weighted by atomic mass is 10.3. The van der Waals surface area contributed by atoms with Gasteiger partial charge in [0.15, 0.2) is 0 Å². The molecule has 0 bridgehead atoms. The summed E-state index contributed by atoms with van der Waals surface area (Å²) in [5.41, 5.74) is 6.84. The summed E-state index contributed by atoms with van der Waals surface area (Å²) >= 11 is 3.21. The summed E-state index contributed by atoms with van der Waals surface area (Å²) < 4.78 is 27.3. The maximum absolute atomic E-state index is 12.2. The molecular weight excluding hydrogens is 330 g/mol. The van der Waals surface area contributed by atoms with Gasteiger partial charge in [0.2, 0.25) is 10.0 Å². The second-order valence-electron chi connectivity index (χ2n) is 3.87. The van der Waals surface area contributed by atoms with E-state index in [0.29, 0.717) is 10.2 Å². The van der Waals surface area contributed by atoms with Gasteiger partial charge in [0, 0.05) is 29.1 Å². The molecule has 0 aliphatic heterocycles. The molecule has 0 radical (unpaired) electrons. The second kappa shape index (κ2) is 5.68. The monoisotopic (exact) mass is 341 g/mol. The molecule has 19 heavy (non-hydrogen) atoms. The first-order valence-corrected chi connectivity index (χ1v) is 7.70. The van der Waals surface area contributed by atoms with E-state index in [4.69, 9.17) is 5.73 Å². The Hall–Kier alpha value is -1.44. The molecule has 100 valence electrons. The van der Waals surface area contributed by atoms with E-state index in [2.05, 4.69) is 25.6 Å². The smallest absolute Gasteiger partial charge is 0.242 e. The van der Waals surface area contributed by atoms with Crippen molar-refractivity contribution in [2.45, 2.75) is 11.4 Å². The van der Waals surface area contributed by atoms with Crippen LogP contribution in [0.3, 0.4) is 0 Å². The van der Waals surface area contributed by atoms with E-state index in [-0.39, 0.29) is 11.4 Å². The fourth-order valence-corrected chi connectivity index (χ4v) is 3.50. The summed E-state index contributed by atoms with van der Waals surface area (Å²) in [6.45, 7) is 0.200. The molecule has 0 fully saturated rings. The number of hydrogen-bond acceptors (Lipinski definition) is 4. The maximum Gasteiger partial charge on any atom is 0.242 e. The maximum atomic E-state index is 12.2. The number of rotatable bonds is 4. The molecular formula is C12H12BrN3O2S. The van der Waals surface area contributed by atoms with E-state index in [1.807, 2.05) is 0 Å². The normalized spacial score (nSPS) is 11.4. The highest BCUT2D eigenvalue weighted by Gasteiger charge is 2.17. The Kier molecular flexibility index (Phi) is 4.18. The zero-order valence-corrected chi connectivity index (χ0v) is 12.3. The fraction of sp³-hybridized carbons (Fsp3) is 0.0833. The first-order valence-electron chi connectivity index (χ1n) is 5.42. The third-order valence-corrected chi connectivity index (χ3v) is 4.86. The van der Waals surface area contributed by atoms with Gasteiger partial charge >= 0.3 is 0 Å². The Bertz CT molecular complexity index is 675. The predicted molar refractivity (Wildman–Crippen MR) is 76.8 cm³/mol. The van der Waals surface area contributed by atoms with Crippen LogP contribution in [0.15, 0.2) is 52.1 Å². The van der Waals surface area contributed by atoms with Crippen LogP contribution in [0.1, 0.15) is 5.56 Å². The lowest BCUT2D eigenvalue weighted by Crippen LogP contribution is -2.23. The topological polar surface area (TPSA) is 85.1 Å². The second-order valence-corrected chi connectivity index (χ2v) is 6.46. The summed E-state index contributed by atoms with van der Waals surface area (Å²) in [4.78, 5) is 4.00. The van der Waals surface area contributed by atoms with Gasteiger partial charge in [-0.15, -0.1) is 0 Å². The van der Waals surface area contributed by atoms with E-state index < -0.39 is 10.0 Å². The van der Waals surface area contributed by atoms with Crippen LogP contribution in [-0.2, 0) is 16.6 Å². The molecule has 3 N–H and O–H groups in total. The van der Waals surface area contributed by atoms with Crippen molar-refractivity contribution in [2.75, 3.05) is 5.73 Å². The SMILES string of the molecule is Nc1ccc(Br)c(S(=O)(=O)NCc2ccncc2)c1. The molecule has 0 atom stereocenters. The minimum absolute atomic E-state index is 0.126. The van der Waals surface area contributed by atoms with Crippen LogP contribution in [-0.4, -0.2) is 13.4 Å². The van der Waals surface area contributed by atoms with Crippen LogP contribution in [0.2, 0.25) is 0 Å². The van der Waals surface area contributed by atoms with E-state index in [1.54, 1.807) is 36.7 Å². The van der Waals surface area contributed by atoms with Crippen LogP contribution in [0.5, 0.6) is 0 Å². The van der Waals surface area contributed by atoms with Crippen molar-refractivity contribution in [2.24, 2.45) is 0 Å². The van der Waals surface area contributed by atoms with Crippen LogP contribution < -0.4 is 10.5 Å². The van der Waals surface area contributed by atoms with Crippen LogP contribution in [0, 0.1) is 0 Å². The molecule has 0 saturated carbocycles. The number of benzene rings is 1. The summed E-state index contributed by atoms with van der Waals surface area (Å²) in [6, 6.07) is 8.15. The average Bonchev–Trinajstić information content (AvgIpc) is 2.40. The molecule has 0 spiro atoms. The van der Waals surface area contributed by atoms with Crippen molar-refractivity contribution in [1.82, 2.24) is 9.71 Å². The minimum atomic E-state index is -3.61. The van der Waals surface area contributed by atoms with Gasteiger partial charge in [-0.3, -0.25) is 4.98 Å². The molecule has 1 heterocycles. The third-order valence-electron chi connectivity index (χ3n) is 2.46. The van der Waals surface area contributed by atoms with Gasteiger partial charge in [-0.05, 0) is 51.8 Å². The zero-order valence-electron chi connectivity index (χ0n) is 9.88. The molecule has 0 unspecified atom stereocenters. The molecule has 2 aromatic rings. The van der Waals surface area contributed by atoms with E-state index in [0.717, 1.165) is 5.56 Å². The van der Waals surface area contributed by atoms with E-state index in [1.165, 1.54) is 6.07 Å². The van der Waals surface area contributed by atoms with Crippen LogP contribution in [0.4, 0.5) is 5.69 Å². The molecule has 2 rings (SSSR count). The first-order chi connectivity index (χ1) is 8.99. The highest BCUT2D eigenvalue weighted by atomic mass is 79.9. The van der Waals surface area contributed by atoms with Crippen molar-refractivity contribution in [1.29, 1.82) is 0 Å². The number of nitrogens with two attached hydrogens (primary N) is 1. The van der Waals surface area contributed by atoms with Crippen LogP contribution in [0.25, 0.3) is 0 Å².